The van der Waals surface area contributed by atoms with Crippen LogP contribution in [0.2, 0.25) is 0 Å². The Bertz CT molecular complexity index is 287. The zero-order chi connectivity index (χ0) is 11.7. The van der Waals surface area contributed by atoms with Crippen LogP contribution in [-0.2, 0) is 11.3 Å². The Morgan fingerprint density at radius 1 is 1.60 bits per heavy atom. The maximum atomic E-state index is 10.7. The van der Waals surface area contributed by atoms with Crippen LogP contribution in [0.5, 0.6) is 0 Å². The van der Waals surface area contributed by atoms with Crippen LogP contribution in [0.3, 0.4) is 0 Å². The van der Waals surface area contributed by atoms with Crippen LogP contribution in [0.25, 0.3) is 0 Å². The van der Waals surface area contributed by atoms with Crippen molar-refractivity contribution in [3.8, 4) is 0 Å². The summed E-state index contributed by atoms with van der Waals surface area (Å²) in [5.74, 6) is 1.44. The van der Waals surface area contributed by atoms with Gasteiger partial charge in [-0.2, -0.15) is 12.6 Å². The van der Waals surface area contributed by atoms with E-state index in [1.807, 2.05) is 24.6 Å². The largest absolute Gasteiger partial charge is 0.325 e. The van der Waals surface area contributed by atoms with Crippen LogP contribution in [0, 0.1) is 0 Å². The summed E-state index contributed by atoms with van der Waals surface area (Å²) in [7, 11) is 0. The quantitative estimate of drug-likeness (QED) is 0.640. The van der Waals surface area contributed by atoms with E-state index in [-0.39, 0.29) is 5.78 Å². The molecule has 3 nitrogen and oxygen atoms in total. The molecule has 0 N–H and O–H groups in total. The van der Waals surface area contributed by atoms with Crippen LogP contribution in [-0.4, -0.2) is 26.8 Å². The molecule has 0 aromatic carbocycles. The lowest BCUT2D eigenvalue weighted by molar-refractivity contribution is -0.114. The fourth-order valence-electron chi connectivity index (χ4n) is 0.880. The van der Waals surface area contributed by atoms with Crippen molar-refractivity contribution in [3.05, 3.63) is 12.4 Å². The van der Waals surface area contributed by atoms with Crippen LogP contribution < -0.4 is 0 Å². The molecule has 0 atom stereocenters. The number of imidazole rings is 1. The lowest BCUT2D eigenvalue weighted by atomic mass is 10.5. The molecule has 0 unspecified atom stereocenters. The molecule has 15 heavy (non-hydrogen) atoms. The van der Waals surface area contributed by atoms with Gasteiger partial charge in [-0.05, 0) is 6.92 Å². The van der Waals surface area contributed by atoms with Crippen LogP contribution in [0.4, 0.5) is 0 Å². The van der Waals surface area contributed by atoms with Crippen molar-refractivity contribution < 1.29 is 4.79 Å². The number of aromatic nitrogens is 2. The van der Waals surface area contributed by atoms with Gasteiger partial charge in [-0.15, -0.1) is 0 Å². The zero-order valence-corrected chi connectivity index (χ0v) is 11.1. The highest BCUT2D eigenvalue weighted by Crippen LogP contribution is 2.15. The van der Waals surface area contributed by atoms with Crippen molar-refractivity contribution in [2.24, 2.45) is 0 Å². The third kappa shape index (κ3) is 5.89. The van der Waals surface area contributed by atoms with Gasteiger partial charge in [0.2, 0.25) is 0 Å². The number of carbonyl (C=O) groups excluding carboxylic acids is 1. The fraction of sp³-hybridized carbons (Fsp3) is 0.600. The van der Waals surface area contributed by atoms with Crippen LogP contribution >= 0.6 is 24.4 Å². The van der Waals surface area contributed by atoms with E-state index in [1.165, 1.54) is 11.8 Å². The van der Waals surface area contributed by atoms with Crippen molar-refractivity contribution in [3.63, 3.8) is 0 Å². The Kier molecular flexibility index (Phi) is 8.61. The summed E-state index contributed by atoms with van der Waals surface area (Å²) < 4.78 is 2.00. The first kappa shape index (κ1) is 14.6. The molecule has 0 saturated carbocycles. The van der Waals surface area contributed by atoms with E-state index >= 15 is 0 Å². The topological polar surface area (TPSA) is 34.9 Å². The molecule has 0 aliphatic heterocycles. The van der Waals surface area contributed by atoms with Gasteiger partial charge in [-0.1, -0.05) is 25.6 Å². The van der Waals surface area contributed by atoms with E-state index in [0.29, 0.717) is 5.75 Å². The number of rotatable bonds is 5. The van der Waals surface area contributed by atoms with E-state index in [1.54, 1.807) is 13.1 Å². The average Bonchev–Trinajstić information content (AvgIpc) is 2.66. The molecule has 1 aromatic heterocycles. The Morgan fingerprint density at radius 2 is 2.27 bits per heavy atom. The molecule has 86 valence electrons. The Balaban J connectivity index is 0.000000921. The lowest BCUT2D eigenvalue weighted by Crippen LogP contribution is -2.01. The van der Waals surface area contributed by atoms with Gasteiger partial charge in [-0.25, -0.2) is 4.98 Å². The number of thiol groups is 1. The third-order valence-corrected chi connectivity index (χ3v) is 2.77. The zero-order valence-electron chi connectivity index (χ0n) is 9.43. The Labute approximate surface area is 101 Å². The number of nitrogens with zero attached hydrogens (tertiary/aromatic N) is 2. The van der Waals surface area contributed by atoms with Gasteiger partial charge >= 0.3 is 0 Å². The van der Waals surface area contributed by atoms with Gasteiger partial charge in [0.05, 0.1) is 5.75 Å². The second kappa shape index (κ2) is 8.85. The molecular weight excluding hydrogens is 228 g/mol. The molecule has 0 fully saturated rings. The third-order valence-electron chi connectivity index (χ3n) is 1.42. The molecule has 0 saturated heterocycles. The fourth-order valence-corrected chi connectivity index (χ4v) is 1.88. The molecule has 5 heteroatoms. The van der Waals surface area contributed by atoms with Crippen molar-refractivity contribution in [2.45, 2.75) is 32.5 Å². The number of aryl methyl sites for hydroxylation is 1. The van der Waals surface area contributed by atoms with Gasteiger partial charge in [0.1, 0.15) is 5.78 Å². The predicted octanol–water partition coefficient (Wildman–Crippen LogP) is 2.52. The van der Waals surface area contributed by atoms with Crippen LogP contribution in [0.15, 0.2) is 17.6 Å². The van der Waals surface area contributed by atoms with Gasteiger partial charge in [0, 0.05) is 24.7 Å². The van der Waals surface area contributed by atoms with Crippen molar-refractivity contribution in [1.82, 2.24) is 9.55 Å². The van der Waals surface area contributed by atoms with E-state index in [9.17, 15) is 4.79 Å². The molecule has 1 aromatic rings. The molecule has 0 amide bonds. The smallest absolute Gasteiger partial charge is 0.168 e. The minimum absolute atomic E-state index is 0.172. The van der Waals surface area contributed by atoms with Crippen molar-refractivity contribution in [1.29, 1.82) is 0 Å². The highest BCUT2D eigenvalue weighted by molar-refractivity contribution is 7.99. The molecule has 0 spiro atoms. The summed E-state index contributed by atoms with van der Waals surface area (Å²) in [6.45, 7) is 6.42. The van der Waals surface area contributed by atoms with Gasteiger partial charge in [0.15, 0.2) is 5.16 Å². The summed E-state index contributed by atoms with van der Waals surface area (Å²) in [4.78, 5) is 14.9. The second-order valence-corrected chi connectivity index (χ2v) is 4.01. The number of hydrogen-bond donors (Lipinski definition) is 1. The van der Waals surface area contributed by atoms with Crippen molar-refractivity contribution in [2.75, 3.05) is 11.5 Å². The van der Waals surface area contributed by atoms with Gasteiger partial charge < -0.3 is 4.57 Å². The molecule has 0 bridgehead atoms. The summed E-state index contributed by atoms with van der Waals surface area (Å²) >= 11 is 5.61. The molecule has 1 rings (SSSR count). The van der Waals surface area contributed by atoms with E-state index in [0.717, 1.165) is 17.5 Å². The Hall–Kier alpha value is -0.420. The van der Waals surface area contributed by atoms with Crippen LogP contribution in [0.1, 0.15) is 20.8 Å². The number of ketones is 1. The van der Waals surface area contributed by atoms with E-state index in [2.05, 4.69) is 17.6 Å². The minimum atomic E-state index is 0.172. The van der Waals surface area contributed by atoms with Crippen molar-refractivity contribution >= 4 is 30.2 Å². The summed E-state index contributed by atoms with van der Waals surface area (Å²) in [6, 6.07) is 0. The first-order valence-corrected chi connectivity index (χ1v) is 6.60. The number of hydrogen-bond acceptors (Lipinski definition) is 4. The first-order valence-electron chi connectivity index (χ1n) is 4.98. The molecule has 0 aliphatic carbocycles. The summed E-state index contributed by atoms with van der Waals surface area (Å²) in [5.41, 5.74) is 0. The Morgan fingerprint density at radius 3 is 2.80 bits per heavy atom. The molecule has 0 radical (unpaired) electrons. The summed E-state index contributed by atoms with van der Waals surface area (Å²) in [5, 5.41) is 0.893. The maximum absolute atomic E-state index is 10.7. The molecule has 1 heterocycles. The van der Waals surface area contributed by atoms with Gasteiger partial charge in [0.25, 0.3) is 0 Å². The SMILES string of the molecule is CC.CC(=O)CSc1nccn1CCS. The minimum Gasteiger partial charge on any atom is -0.325 e. The highest BCUT2D eigenvalue weighted by Gasteiger charge is 2.03. The maximum Gasteiger partial charge on any atom is 0.168 e. The standard InChI is InChI=1S/C8H12N2OS2.C2H6/c1-7(11)6-13-8-9-2-3-10(8)4-5-12;1-2/h2-3,12H,4-6H2,1H3;1-2H3. The first-order chi connectivity index (χ1) is 7.24. The number of Topliss-reactive ketones (excluding diaryl/α,β-unsaturated/α-hetero) is 1. The number of thioether (sulfide) groups is 1. The monoisotopic (exact) mass is 246 g/mol. The predicted molar refractivity (Wildman–Crippen MR) is 68.8 cm³/mol. The normalized spacial score (nSPS) is 9.33. The molecule has 0 aliphatic rings. The molecular formula is C10H18N2OS2. The number of carbonyl (C=O) groups is 1. The van der Waals surface area contributed by atoms with E-state index in [4.69, 9.17) is 0 Å². The lowest BCUT2D eigenvalue weighted by Gasteiger charge is -2.03. The summed E-state index contributed by atoms with van der Waals surface area (Å²) in [6.07, 6.45) is 3.64. The average molecular weight is 246 g/mol. The second-order valence-electron chi connectivity index (χ2n) is 2.62. The van der Waals surface area contributed by atoms with Gasteiger partial charge in [-0.3, -0.25) is 4.79 Å². The van der Waals surface area contributed by atoms with E-state index < -0.39 is 0 Å². The highest BCUT2D eigenvalue weighted by atomic mass is 32.2.